The Kier molecular flexibility index (Phi) is 3.64. The lowest BCUT2D eigenvalue weighted by Gasteiger charge is -2.20. The van der Waals surface area contributed by atoms with E-state index >= 15 is 0 Å². The Bertz CT molecular complexity index is 380. The maximum Gasteiger partial charge on any atom is 0.410 e. The molecule has 4 nitrogen and oxygen atoms in total. The van der Waals surface area contributed by atoms with Crippen molar-refractivity contribution in [3.8, 4) is 0 Å². The summed E-state index contributed by atoms with van der Waals surface area (Å²) in [4.78, 5) is 13.5. The van der Waals surface area contributed by atoms with Gasteiger partial charge in [0.25, 0.3) is 0 Å². The fourth-order valence-electron chi connectivity index (χ4n) is 2.13. The summed E-state index contributed by atoms with van der Waals surface area (Å²) in [5.41, 5.74) is 6.81. The largest absolute Gasteiger partial charge is 0.445 e. The molecule has 2 rings (SSSR count). The third kappa shape index (κ3) is 2.97. The normalized spacial score (nSPS) is 23.8. The van der Waals surface area contributed by atoms with Gasteiger partial charge in [-0.15, -0.1) is 0 Å². The minimum atomic E-state index is -0.269. The molecule has 1 heterocycles. The number of amides is 1. The highest BCUT2D eigenvalue weighted by Crippen LogP contribution is 2.17. The zero-order valence-corrected chi connectivity index (χ0v) is 10.0. The van der Waals surface area contributed by atoms with Gasteiger partial charge in [-0.2, -0.15) is 0 Å². The molecule has 0 unspecified atom stereocenters. The van der Waals surface area contributed by atoms with E-state index in [9.17, 15) is 4.79 Å². The van der Waals surface area contributed by atoms with Crippen LogP contribution in [-0.4, -0.2) is 29.6 Å². The quantitative estimate of drug-likeness (QED) is 0.848. The number of hydrogen-bond donors (Lipinski definition) is 1. The van der Waals surface area contributed by atoms with Crippen molar-refractivity contribution in [1.82, 2.24) is 4.90 Å². The van der Waals surface area contributed by atoms with Gasteiger partial charge in [-0.25, -0.2) is 4.79 Å². The van der Waals surface area contributed by atoms with E-state index in [1.165, 1.54) is 0 Å². The first kappa shape index (κ1) is 11.9. The highest BCUT2D eigenvalue weighted by molar-refractivity contribution is 5.68. The van der Waals surface area contributed by atoms with Crippen LogP contribution in [0, 0.1) is 0 Å². The molecule has 2 atom stereocenters. The lowest BCUT2D eigenvalue weighted by atomic mass is 10.2. The zero-order valence-electron chi connectivity index (χ0n) is 10.0. The van der Waals surface area contributed by atoms with Crippen LogP contribution in [0.25, 0.3) is 0 Å². The van der Waals surface area contributed by atoms with Crippen LogP contribution in [0.2, 0.25) is 0 Å². The minimum absolute atomic E-state index is 0.0780. The third-order valence-corrected chi connectivity index (χ3v) is 3.05. The molecule has 0 aliphatic carbocycles. The fraction of sp³-hybridized carbons (Fsp3) is 0.462. The predicted molar refractivity (Wildman–Crippen MR) is 65.4 cm³/mol. The van der Waals surface area contributed by atoms with Gasteiger partial charge in [0.1, 0.15) is 6.61 Å². The Balaban J connectivity index is 1.86. The number of rotatable bonds is 2. The van der Waals surface area contributed by atoms with Crippen LogP contribution < -0.4 is 5.73 Å². The molecule has 1 saturated heterocycles. The van der Waals surface area contributed by atoms with Gasteiger partial charge in [0, 0.05) is 18.6 Å². The molecule has 1 aliphatic rings. The van der Waals surface area contributed by atoms with Crippen LogP contribution >= 0.6 is 0 Å². The summed E-state index contributed by atoms with van der Waals surface area (Å²) in [6, 6.07) is 9.92. The molecule has 0 saturated carbocycles. The summed E-state index contributed by atoms with van der Waals surface area (Å²) in [5, 5.41) is 0. The van der Waals surface area contributed by atoms with Crippen LogP contribution in [0.1, 0.15) is 18.9 Å². The van der Waals surface area contributed by atoms with Gasteiger partial charge in [-0.05, 0) is 18.9 Å². The van der Waals surface area contributed by atoms with E-state index in [1.54, 1.807) is 4.90 Å². The SMILES string of the molecule is C[C@H]1C[C@@H](N)CN1C(=O)OCc1ccccc1. The highest BCUT2D eigenvalue weighted by atomic mass is 16.6. The lowest BCUT2D eigenvalue weighted by molar-refractivity contribution is 0.0941. The second-order valence-electron chi connectivity index (χ2n) is 4.54. The van der Waals surface area contributed by atoms with Gasteiger partial charge >= 0.3 is 6.09 Å². The lowest BCUT2D eigenvalue weighted by Crippen LogP contribution is -2.35. The number of nitrogens with zero attached hydrogens (tertiary/aromatic N) is 1. The van der Waals surface area contributed by atoms with Gasteiger partial charge in [0.05, 0.1) is 0 Å². The van der Waals surface area contributed by atoms with E-state index in [2.05, 4.69) is 0 Å². The van der Waals surface area contributed by atoms with Gasteiger partial charge in [0.15, 0.2) is 0 Å². The average Bonchev–Trinajstić information content (AvgIpc) is 2.67. The first-order valence-corrected chi connectivity index (χ1v) is 5.89. The van der Waals surface area contributed by atoms with E-state index in [1.807, 2.05) is 37.3 Å². The van der Waals surface area contributed by atoms with E-state index in [0.29, 0.717) is 13.2 Å². The zero-order chi connectivity index (χ0) is 12.3. The smallest absolute Gasteiger partial charge is 0.410 e. The van der Waals surface area contributed by atoms with Gasteiger partial charge in [0.2, 0.25) is 0 Å². The van der Waals surface area contributed by atoms with Crippen LogP contribution in [-0.2, 0) is 11.3 Å². The molecular formula is C13H18N2O2. The van der Waals surface area contributed by atoms with E-state index in [0.717, 1.165) is 12.0 Å². The molecule has 1 aliphatic heterocycles. The molecule has 4 heteroatoms. The number of carbonyl (C=O) groups excluding carboxylic acids is 1. The van der Waals surface area contributed by atoms with E-state index < -0.39 is 0 Å². The molecule has 0 radical (unpaired) electrons. The molecule has 0 bridgehead atoms. The van der Waals surface area contributed by atoms with Crippen molar-refractivity contribution < 1.29 is 9.53 Å². The van der Waals surface area contributed by atoms with Crippen LogP contribution in [0.5, 0.6) is 0 Å². The number of benzene rings is 1. The maximum atomic E-state index is 11.8. The summed E-state index contributed by atoms with van der Waals surface area (Å²) in [6.07, 6.45) is 0.578. The summed E-state index contributed by atoms with van der Waals surface area (Å²) >= 11 is 0. The van der Waals surface area contributed by atoms with Crippen molar-refractivity contribution >= 4 is 6.09 Å². The first-order valence-electron chi connectivity index (χ1n) is 5.89. The summed E-state index contributed by atoms with van der Waals surface area (Å²) in [5.74, 6) is 0. The number of nitrogens with two attached hydrogens (primary N) is 1. The minimum Gasteiger partial charge on any atom is -0.445 e. The Hall–Kier alpha value is -1.55. The monoisotopic (exact) mass is 234 g/mol. The second-order valence-corrected chi connectivity index (χ2v) is 4.54. The number of likely N-dealkylation sites (tertiary alicyclic amines) is 1. The summed E-state index contributed by atoms with van der Waals surface area (Å²) < 4.78 is 5.26. The van der Waals surface area contributed by atoms with Crippen LogP contribution in [0.4, 0.5) is 4.79 Å². The maximum absolute atomic E-state index is 11.8. The van der Waals surface area contributed by atoms with Crippen molar-refractivity contribution in [3.05, 3.63) is 35.9 Å². The van der Waals surface area contributed by atoms with Gasteiger partial charge in [-0.3, -0.25) is 0 Å². The highest BCUT2D eigenvalue weighted by Gasteiger charge is 2.31. The van der Waals surface area contributed by atoms with Gasteiger partial charge < -0.3 is 15.4 Å². The number of carbonyl (C=O) groups is 1. The van der Waals surface area contributed by atoms with Crippen LogP contribution in [0.3, 0.4) is 0 Å². The molecule has 1 aromatic rings. The fourth-order valence-corrected chi connectivity index (χ4v) is 2.13. The van der Waals surface area contributed by atoms with Crippen molar-refractivity contribution in [3.63, 3.8) is 0 Å². The van der Waals surface area contributed by atoms with E-state index in [4.69, 9.17) is 10.5 Å². The molecule has 92 valence electrons. The van der Waals surface area contributed by atoms with Crippen molar-refractivity contribution in [2.45, 2.75) is 32.0 Å². The topological polar surface area (TPSA) is 55.6 Å². The number of hydrogen-bond acceptors (Lipinski definition) is 3. The van der Waals surface area contributed by atoms with Crippen molar-refractivity contribution in [2.24, 2.45) is 5.73 Å². The number of ether oxygens (including phenoxy) is 1. The molecule has 1 aromatic carbocycles. The first-order chi connectivity index (χ1) is 8.16. The third-order valence-electron chi connectivity index (χ3n) is 3.05. The summed E-state index contributed by atoms with van der Waals surface area (Å²) in [7, 11) is 0. The predicted octanol–water partition coefficient (Wildman–Crippen LogP) is 1.74. The second kappa shape index (κ2) is 5.19. The molecule has 1 amide bonds. The van der Waals surface area contributed by atoms with Crippen LogP contribution in [0.15, 0.2) is 30.3 Å². The Morgan fingerprint density at radius 3 is 2.76 bits per heavy atom. The Labute approximate surface area is 101 Å². The van der Waals surface area contributed by atoms with Gasteiger partial charge in [-0.1, -0.05) is 30.3 Å². The molecule has 0 spiro atoms. The summed E-state index contributed by atoms with van der Waals surface area (Å²) in [6.45, 7) is 2.91. The Morgan fingerprint density at radius 1 is 1.47 bits per heavy atom. The average molecular weight is 234 g/mol. The molecule has 17 heavy (non-hydrogen) atoms. The molecule has 0 aromatic heterocycles. The van der Waals surface area contributed by atoms with Crippen molar-refractivity contribution in [1.29, 1.82) is 0 Å². The Morgan fingerprint density at radius 2 is 2.18 bits per heavy atom. The molecule has 2 N–H and O–H groups in total. The molecular weight excluding hydrogens is 216 g/mol. The molecule has 1 fully saturated rings. The van der Waals surface area contributed by atoms with E-state index in [-0.39, 0.29) is 18.2 Å². The standard InChI is InChI=1S/C13H18N2O2/c1-10-7-12(14)8-15(10)13(16)17-9-11-5-3-2-4-6-11/h2-6,10,12H,7-9,14H2,1H3/t10-,12+/m0/s1. The van der Waals surface area contributed by atoms with Crippen molar-refractivity contribution in [2.75, 3.05) is 6.54 Å².